The molecule has 1 atom stereocenters. The molecule has 0 saturated carbocycles. The van der Waals surface area contributed by atoms with Crippen LogP contribution in [0.5, 0.6) is 5.75 Å². The summed E-state index contributed by atoms with van der Waals surface area (Å²) in [7, 11) is 0. The highest BCUT2D eigenvalue weighted by Gasteiger charge is 2.25. The Balaban J connectivity index is 2.25. The number of rotatable bonds is 3. The Morgan fingerprint density at radius 1 is 1.56 bits per heavy atom. The maximum absolute atomic E-state index is 13.2. The quantitative estimate of drug-likeness (QED) is 0.626. The van der Waals surface area contributed by atoms with Crippen LogP contribution in [-0.2, 0) is 0 Å². The number of hydrogen-bond donors (Lipinski definition) is 1. The molecule has 5 nitrogen and oxygen atoms in total. The van der Waals surface area contributed by atoms with Crippen LogP contribution in [0.3, 0.4) is 0 Å². The van der Waals surface area contributed by atoms with Crippen molar-refractivity contribution in [2.24, 2.45) is 0 Å². The lowest BCUT2D eigenvalue weighted by molar-refractivity contribution is -0.388. The largest absolute Gasteiger partial charge is 0.482 e. The van der Waals surface area contributed by atoms with Gasteiger partial charge in [0.2, 0.25) is 11.6 Å². The Kier molecular flexibility index (Phi) is 3.00. The molecule has 0 bridgehead atoms. The fourth-order valence-corrected chi connectivity index (χ4v) is 1.68. The van der Waals surface area contributed by atoms with E-state index in [0.29, 0.717) is 6.54 Å². The second-order valence-corrected chi connectivity index (χ2v) is 3.58. The van der Waals surface area contributed by atoms with Crippen LogP contribution in [0.1, 0.15) is 6.42 Å². The zero-order chi connectivity index (χ0) is 11.5. The highest BCUT2D eigenvalue weighted by molar-refractivity contribution is 5.47. The van der Waals surface area contributed by atoms with Crippen molar-refractivity contribution in [3.63, 3.8) is 0 Å². The van der Waals surface area contributed by atoms with Gasteiger partial charge in [-0.05, 0) is 25.1 Å². The van der Waals surface area contributed by atoms with E-state index in [2.05, 4.69) is 5.32 Å². The third-order valence-corrected chi connectivity index (χ3v) is 2.44. The summed E-state index contributed by atoms with van der Waals surface area (Å²) in [5, 5.41) is 13.8. The van der Waals surface area contributed by atoms with Crippen LogP contribution in [0, 0.1) is 15.9 Å². The number of halogens is 1. The molecule has 0 spiro atoms. The molecule has 1 aromatic rings. The van der Waals surface area contributed by atoms with Crippen LogP contribution >= 0.6 is 0 Å². The average molecular weight is 226 g/mol. The molecule has 1 fully saturated rings. The van der Waals surface area contributed by atoms with E-state index in [4.69, 9.17) is 4.74 Å². The minimum Gasteiger partial charge on any atom is -0.482 e. The van der Waals surface area contributed by atoms with Gasteiger partial charge >= 0.3 is 5.69 Å². The predicted molar refractivity (Wildman–Crippen MR) is 55.0 cm³/mol. The minimum atomic E-state index is -0.867. The van der Waals surface area contributed by atoms with E-state index in [0.717, 1.165) is 19.0 Å². The van der Waals surface area contributed by atoms with Crippen LogP contribution in [-0.4, -0.2) is 24.1 Å². The van der Waals surface area contributed by atoms with Gasteiger partial charge in [-0.1, -0.05) is 6.07 Å². The molecule has 0 aromatic heterocycles. The highest BCUT2D eigenvalue weighted by atomic mass is 19.1. The van der Waals surface area contributed by atoms with Crippen LogP contribution < -0.4 is 10.1 Å². The Bertz CT molecular complexity index is 405. The van der Waals surface area contributed by atoms with Gasteiger partial charge in [0.1, 0.15) is 6.10 Å². The average Bonchev–Trinajstić information content (AvgIpc) is 2.70. The second-order valence-electron chi connectivity index (χ2n) is 3.58. The first kappa shape index (κ1) is 10.8. The van der Waals surface area contributed by atoms with E-state index in [1.807, 2.05) is 0 Å². The van der Waals surface area contributed by atoms with Crippen LogP contribution in [0.25, 0.3) is 0 Å². The zero-order valence-corrected chi connectivity index (χ0v) is 8.48. The fraction of sp³-hybridized carbons (Fsp3) is 0.400. The van der Waals surface area contributed by atoms with Gasteiger partial charge in [0.05, 0.1) is 4.92 Å². The van der Waals surface area contributed by atoms with E-state index < -0.39 is 16.4 Å². The van der Waals surface area contributed by atoms with Gasteiger partial charge in [0.15, 0.2) is 0 Å². The molecule has 1 aliphatic rings. The SMILES string of the molecule is O=[N+]([O-])c1c(F)cccc1OC1CCNC1. The van der Waals surface area contributed by atoms with Crippen molar-refractivity contribution in [2.75, 3.05) is 13.1 Å². The molecule has 1 heterocycles. The number of hydrogen-bond acceptors (Lipinski definition) is 4. The zero-order valence-electron chi connectivity index (χ0n) is 8.48. The summed E-state index contributed by atoms with van der Waals surface area (Å²) in [6.07, 6.45) is 0.647. The van der Waals surface area contributed by atoms with Crippen molar-refractivity contribution in [2.45, 2.75) is 12.5 Å². The van der Waals surface area contributed by atoms with Crippen molar-refractivity contribution < 1.29 is 14.1 Å². The van der Waals surface area contributed by atoms with E-state index in [1.165, 1.54) is 12.1 Å². The molecule has 0 amide bonds. The van der Waals surface area contributed by atoms with Gasteiger partial charge in [0.25, 0.3) is 0 Å². The van der Waals surface area contributed by atoms with E-state index in [1.54, 1.807) is 0 Å². The maximum Gasteiger partial charge on any atom is 0.346 e. The summed E-state index contributed by atoms with van der Waals surface area (Å²) in [4.78, 5) is 9.93. The van der Waals surface area contributed by atoms with Crippen molar-refractivity contribution in [1.82, 2.24) is 5.32 Å². The van der Waals surface area contributed by atoms with Gasteiger partial charge in [-0.2, -0.15) is 4.39 Å². The first-order valence-corrected chi connectivity index (χ1v) is 4.99. The topological polar surface area (TPSA) is 64.4 Å². The van der Waals surface area contributed by atoms with Crippen molar-refractivity contribution in [1.29, 1.82) is 0 Å². The monoisotopic (exact) mass is 226 g/mol. The third kappa shape index (κ3) is 2.11. The maximum atomic E-state index is 13.2. The lowest BCUT2D eigenvalue weighted by Gasteiger charge is -2.12. The molecule has 16 heavy (non-hydrogen) atoms. The van der Waals surface area contributed by atoms with Gasteiger partial charge in [-0.15, -0.1) is 0 Å². The Labute approximate surface area is 91.4 Å². The van der Waals surface area contributed by atoms with Crippen molar-refractivity contribution in [3.05, 3.63) is 34.1 Å². The second kappa shape index (κ2) is 4.44. The summed E-state index contributed by atoms with van der Waals surface area (Å²) in [6.45, 7) is 1.45. The third-order valence-electron chi connectivity index (χ3n) is 2.44. The van der Waals surface area contributed by atoms with Crippen LogP contribution in [0.4, 0.5) is 10.1 Å². The molecule has 0 radical (unpaired) electrons. The number of nitrogens with zero attached hydrogens (tertiary/aromatic N) is 1. The fourth-order valence-electron chi connectivity index (χ4n) is 1.68. The summed E-state index contributed by atoms with van der Waals surface area (Å²) in [5.41, 5.74) is -0.589. The number of nitrogens with one attached hydrogen (secondary N) is 1. The van der Waals surface area contributed by atoms with E-state index in [-0.39, 0.29) is 11.9 Å². The smallest absolute Gasteiger partial charge is 0.346 e. The summed E-state index contributed by atoms with van der Waals surface area (Å²) in [6, 6.07) is 3.87. The van der Waals surface area contributed by atoms with Gasteiger partial charge in [-0.25, -0.2) is 0 Å². The molecular formula is C10H11FN2O3. The predicted octanol–water partition coefficient (Wildman–Crippen LogP) is 1.47. The number of nitro benzene ring substituents is 1. The highest BCUT2D eigenvalue weighted by Crippen LogP contribution is 2.30. The standard InChI is InChI=1S/C10H11FN2O3/c11-8-2-1-3-9(10(8)13(14)15)16-7-4-5-12-6-7/h1-3,7,12H,4-6H2. The number of benzene rings is 1. The molecule has 6 heteroatoms. The molecule has 1 unspecified atom stereocenters. The summed E-state index contributed by atoms with van der Waals surface area (Å²) in [5.74, 6) is -0.868. The Morgan fingerprint density at radius 3 is 3.00 bits per heavy atom. The normalized spacial score (nSPS) is 19.7. The first-order valence-electron chi connectivity index (χ1n) is 4.99. The summed E-state index contributed by atoms with van der Waals surface area (Å²) < 4.78 is 18.6. The molecule has 2 rings (SSSR count). The molecule has 1 N–H and O–H groups in total. The lowest BCUT2D eigenvalue weighted by atomic mass is 10.2. The molecule has 86 valence electrons. The van der Waals surface area contributed by atoms with Gasteiger partial charge < -0.3 is 10.1 Å². The van der Waals surface area contributed by atoms with Gasteiger partial charge in [0, 0.05) is 6.54 Å². The van der Waals surface area contributed by atoms with Crippen LogP contribution in [0.2, 0.25) is 0 Å². The van der Waals surface area contributed by atoms with E-state index >= 15 is 0 Å². The van der Waals surface area contributed by atoms with Crippen molar-refractivity contribution in [3.8, 4) is 5.75 Å². The van der Waals surface area contributed by atoms with Crippen LogP contribution in [0.15, 0.2) is 18.2 Å². The first-order chi connectivity index (χ1) is 7.68. The lowest BCUT2D eigenvalue weighted by Crippen LogP contribution is -2.20. The molecule has 0 aliphatic carbocycles. The van der Waals surface area contributed by atoms with Gasteiger partial charge in [-0.3, -0.25) is 10.1 Å². The minimum absolute atomic E-state index is 0.00120. The number of ether oxygens (including phenoxy) is 1. The Morgan fingerprint density at radius 2 is 2.38 bits per heavy atom. The number of nitro groups is 1. The molecule has 1 aromatic carbocycles. The van der Waals surface area contributed by atoms with Crippen molar-refractivity contribution >= 4 is 5.69 Å². The number of para-hydroxylation sites is 1. The van der Waals surface area contributed by atoms with E-state index in [9.17, 15) is 14.5 Å². The summed E-state index contributed by atoms with van der Waals surface area (Å²) >= 11 is 0. The molecular weight excluding hydrogens is 215 g/mol. The molecule has 1 saturated heterocycles. The Hall–Kier alpha value is -1.69. The molecule has 1 aliphatic heterocycles.